The van der Waals surface area contributed by atoms with Gasteiger partial charge in [0.25, 0.3) is 0 Å². The zero-order valence-corrected chi connectivity index (χ0v) is 18.0. The second kappa shape index (κ2) is 17.9. The standard InChI is InChI=1S/C11H9O.3C3H8O.Ti/c1-12-11-7-6-9-4-2-3-5-10(9)8-11;3*1-3(2)4;/h3-8H,1H3;3*3-4H,1-2H3;/q-1;;;;. The van der Waals surface area contributed by atoms with Gasteiger partial charge in [0.05, 0.1) is 7.11 Å². The number of aliphatic hydroxyl groups excluding tert-OH is 3. The summed E-state index contributed by atoms with van der Waals surface area (Å²) < 4.78 is 5.11. The Morgan fingerprint density at radius 3 is 1.64 bits per heavy atom. The number of fused-ring (bicyclic) bond motifs is 1. The van der Waals surface area contributed by atoms with Crippen molar-refractivity contribution >= 4 is 10.8 Å². The predicted octanol–water partition coefficient (Wildman–Crippen LogP) is 3.81. The smallest absolute Gasteiger partial charge is 0.116 e. The quantitative estimate of drug-likeness (QED) is 0.516. The van der Waals surface area contributed by atoms with E-state index in [1.807, 2.05) is 36.4 Å². The second-order valence-electron chi connectivity index (χ2n) is 5.92. The first kappa shape index (κ1) is 28.9. The van der Waals surface area contributed by atoms with E-state index in [0.29, 0.717) is 0 Å². The number of aliphatic hydroxyl groups is 3. The van der Waals surface area contributed by atoms with Crippen molar-refractivity contribution in [1.29, 1.82) is 0 Å². The number of hydrogen-bond acceptors (Lipinski definition) is 4. The summed E-state index contributed by atoms with van der Waals surface area (Å²) in [7, 11) is 1.68. The van der Waals surface area contributed by atoms with Crippen LogP contribution in [0.5, 0.6) is 5.75 Å². The van der Waals surface area contributed by atoms with E-state index in [4.69, 9.17) is 20.1 Å². The van der Waals surface area contributed by atoms with Crippen molar-refractivity contribution in [1.82, 2.24) is 0 Å². The molecule has 2 aromatic carbocycles. The van der Waals surface area contributed by atoms with E-state index in [2.05, 4.69) is 6.07 Å². The van der Waals surface area contributed by atoms with Gasteiger partial charge in [-0.25, -0.2) is 0 Å². The van der Waals surface area contributed by atoms with Crippen molar-refractivity contribution in [2.75, 3.05) is 7.11 Å². The molecule has 0 aliphatic carbocycles. The van der Waals surface area contributed by atoms with Gasteiger partial charge in [-0.2, -0.15) is 24.3 Å². The second-order valence-corrected chi connectivity index (χ2v) is 5.92. The molecule has 0 saturated heterocycles. The minimum Gasteiger partial charge on any atom is -0.497 e. The Kier molecular flexibility index (Phi) is 20.7. The molecule has 0 aromatic heterocycles. The fourth-order valence-electron chi connectivity index (χ4n) is 1.23. The normalized spacial score (nSPS) is 9.16. The van der Waals surface area contributed by atoms with Gasteiger partial charge in [0.1, 0.15) is 5.75 Å². The molecule has 0 amide bonds. The van der Waals surface area contributed by atoms with Crippen LogP contribution in [0.15, 0.2) is 36.4 Å². The van der Waals surface area contributed by atoms with Crippen LogP contribution in [0.1, 0.15) is 41.5 Å². The average Bonchev–Trinajstić information content (AvgIpc) is 2.45. The van der Waals surface area contributed by atoms with Crippen LogP contribution in [0, 0.1) is 6.07 Å². The summed E-state index contributed by atoms with van der Waals surface area (Å²) in [6.07, 6.45) is -0.500. The van der Waals surface area contributed by atoms with Crippen LogP contribution in [-0.4, -0.2) is 40.7 Å². The fourth-order valence-corrected chi connectivity index (χ4v) is 1.23. The summed E-state index contributed by atoms with van der Waals surface area (Å²) in [6.45, 7) is 10.3. The third-order valence-electron chi connectivity index (χ3n) is 1.89. The first-order valence-electron chi connectivity index (χ1n) is 8.08. The minimum absolute atomic E-state index is 0. The van der Waals surface area contributed by atoms with E-state index >= 15 is 0 Å². The van der Waals surface area contributed by atoms with Crippen LogP contribution in [0.2, 0.25) is 0 Å². The van der Waals surface area contributed by atoms with Crippen LogP contribution in [0.25, 0.3) is 10.8 Å². The van der Waals surface area contributed by atoms with Crippen molar-refractivity contribution in [2.45, 2.75) is 59.9 Å². The maximum absolute atomic E-state index is 8.06. The van der Waals surface area contributed by atoms with Crippen molar-refractivity contribution in [3.63, 3.8) is 0 Å². The molecule has 0 aliphatic heterocycles. The predicted molar refractivity (Wildman–Crippen MR) is 101 cm³/mol. The molecule has 0 atom stereocenters. The van der Waals surface area contributed by atoms with Gasteiger partial charge in [-0.3, -0.25) is 0 Å². The molecule has 0 spiro atoms. The monoisotopic (exact) mass is 385 g/mol. The summed E-state index contributed by atoms with van der Waals surface area (Å²) in [6, 6.07) is 14.9. The SMILES string of the molecule is CC(C)O.CC(C)O.CC(C)O.COc1ccc2c[c-]ccc2c1.[Ti]. The first-order valence-corrected chi connectivity index (χ1v) is 8.08. The maximum atomic E-state index is 8.06. The summed E-state index contributed by atoms with van der Waals surface area (Å²) >= 11 is 0. The fraction of sp³-hybridized carbons (Fsp3) is 0.500. The molecule has 2 rings (SSSR count). The van der Waals surface area contributed by atoms with E-state index in [1.165, 1.54) is 10.8 Å². The van der Waals surface area contributed by atoms with Gasteiger partial charge >= 0.3 is 0 Å². The van der Waals surface area contributed by atoms with Gasteiger partial charge in [-0.15, -0.1) is 16.8 Å². The zero-order chi connectivity index (χ0) is 19.1. The van der Waals surface area contributed by atoms with E-state index in [9.17, 15) is 0 Å². The van der Waals surface area contributed by atoms with Crippen molar-refractivity contribution in [3.8, 4) is 5.75 Å². The van der Waals surface area contributed by atoms with E-state index in [-0.39, 0.29) is 40.0 Å². The van der Waals surface area contributed by atoms with Gasteiger partial charge in [0, 0.05) is 40.0 Å². The summed E-state index contributed by atoms with van der Waals surface area (Å²) in [5.74, 6) is 0.897. The molecule has 2 aromatic rings. The van der Waals surface area contributed by atoms with Crippen LogP contribution < -0.4 is 4.74 Å². The Morgan fingerprint density at radius 2 is 1.24 bits per heavy atom. The Labute approximate surface area is 167 Å². The van der Waals surface area contributed by atoms with Crippen LogP contribution in [-0.2, 0) is 21.7 Å². The van der Waals surface area contributed by atoms with E-state index < -0.39 is 0 Å². The van der Waals surface area contributed by atoms with Gasteiger partial charge < -0.3 is 20.1 Å². The van der Waals surface area contributed by atoms with Gasteiger partial charge in [-0.1, -0.05) is 0 Å². The molecule has 0 aliphatic rings. The van der Waals surface area contributed by atoms with Crippen molar-refractivity contribution < 1.29 is 41.8 Å². The largest absolute Gasteiger partial charge is 0.497 e. The van der Waals surface area contributed by atoms with Crippen LogP contribution in [0.4, 0.5) is 0 Å². The molecule has 3 N–H and O–H groups in total. The summed E-state index contributed by atoms with van der Waals surface area (Å²) in [5.41, 5.74) is 0. The molecular weight excluding hydrogens is 352 g/mol. The minimum atomic E-state index is -0.167. The Bertz CT molecular complexity index is 505. The maximum Gasteiger partial charge on any atom is 0.116 e. The van der Waals surface area contributed by atoms with E-state index in [1.54, 1.807) is 48.7 Å². The number of methoxy groups -OCH3 is 1. The summed E-state index contributed by atoms with van der Waals surface area (Å²) in [4.78, 5) is 0. The molecule has 0 fully saturated rings. The first-order chi connectivity index (χ1) is 11.1. The molecule has 0 heterocycles. The molecule has 142 valence electrons. The Hall–Kier alpha value is -0.906. The van der Waals surface area contributed by atoms with Gasteiger partial charge in [-0.05, 0) is 53.7 Å². The number of benzene rings is 2. The molecule has 4 nitrogen and oxygen atoms in total. The average molecular weight is 385 g/mol. The molecule has 25 heavy (non-hydrogen) atoms. The molecule has 0 radical (unpaired) electrons. The van der Waals surface area contributed by atoms with Crippen LogP contribution in [0.3, 0.4) is 0 Å². The summed E-state index contributed by atoms with van der Waals surface area (Å²) in [5, 5.41) is 26.5. The zero-order valence-electron chi connectivity index (χ0n) is 16.4. The Balaban J connectivity index is -0.000000314. The van der Waals surface area contributed by atoms with E-state index in [0.717, 1.165) is 5.75 Å². The van der Waals surface area contributed by atoms with Crippen molar-refractivity contribution in [3.05, 3.63) is 42.5 Å². The number of hydrogen-bond donors (Lipinski definition) is 3. The molecule has 0 unspecified atom stereocenters. The van der Waals surface area contributed by atoms with Crippen LogP contribution >= 0.6 is 0 Å². The van der Waals surface area contributed by atoms with Gasteiger partial charge in [0.2, 0.25) is 0 Å². The number of ether oxygens (including phenoxy) is 1. The number of rotatable bonds is 1. The molecular formula is C20H33O4Ti-. The van der Waals surface area contributed by atoms with Gasteiger partial charge in [0.15, 0.2) is 0 Å². The van der Waals surface area contributed by atoms with Crippen molar-refractivity contribution in [2.24, 2.45) is 0 Å². The third-order valence-corrected chi connectivity index (χ3v) is 1.89. The molecule has 5 heteroatoms. The Morgan fingerprint density at radius 1 is 0.800 bits per heavy atom. The molecule has 0 saturated carbocycles. The topological polar surface area (TPSA) is 69.9 Å². The molecule has 0 bridgehead atoms. The third kappa shape index (κ3) is 23.1.